The average Bonchev–Trinajstić information content (AvgIpc) is 2.45. The van der Waals surface area contributed by atoms with Gasteiger partial charge in [-0.25, -0.2) is 17.2 Å². The van der Waals surface area contributed by atoms with Gasteiger partial charge in [-0.3, -0.25) is 0 Å². The number of hydrogen-bond donors (Lipinski definition) is 1. The van der Waals surface area contributed by atoms with Gasteiger partial charge in [0.05, 0.1) is 0 Å². The van der Waals surface area contributed by atoms with Gasteiger partial charge in [0.2, 0.25) is 10.0 Å². The summed E-state index contributed by atoms with van der Waals surface area (Å²) in [4.78, 5) is -0.836. The number of piperidine rings is 1. The van der Waals surface area contributed by atoms with Crippen molar-refractivity contribution in [3.8, 4) is 0 Å². The van der Waals surface area contributed by atoms with E-state index in [2.05, 4.69) is 5.32 Å². The normalized spacial score (nSPS) is 16.5. The van der Waals surface area contributed by atoms with E-state index in [9.17, 15) is 17.2 Å². The van der Waals surface area contributed by atoms with Gasteiger partial charge < -0.3 is 5.32 Å². The first kappa shape index (κ1) is 19.3. The van der Waals surface area contributed by atoms with Crippen molar-refractivity contribution in [1.29, 1.82) is 0 Å². The maximum Gasteiger partial charge on any atom is 0.249 e. The van der Waals surface area contributed by atoms with Gasteiger partial charge >= 0.3 is 0 Å². The second-order valence-corrected chi connectivity index (χ2v) is 6.98. The van der Waals surface area contributed by atoms with Crippen LogP contribution in [0.15, 0.2) is 23.1 Å². The zero-order valence-electron chi connectivity index (χ0n) is 12.4. The lowest BCUT2D eigenvalue weighted by Gasteiger charge is -2.33. The van der Waals surface area contributed by atoms with Gasteiger partial charge in [-0.05, 0) is 44.5 Å². The van der Waals surface area contributed by atoms with Crippen LogP contribution in [-0.4, -0.2) is 38.4 Å². The van der Waals surface area contributed by atoms with Crippen molar-refractivity contribution in [2.75, 3.05) is 19.6 Å². The number of rotatable bonds is 5. The molecule has 0 bridgehead atoms. The van der Waals surface area contributed by atoms with E-state index in [1.165, 1.54) is 10.4 Å². The average molecular weight is 355 g/mol. The molecule has 126 valence electrons. The predicted octanol–water partition coefficient (Wildman–Crippen LogP) is 2.54. The Labute approximate surface area is 136 Å². The maximum absolute atomic E-state index is 13.9. The molecule has 0 aromatic heterocycles. The topological polar surface area (TPSA) is 49.4 Å². The van der Waals surface area contributed by atoms with Crippen molar-refractivity contribution >= 4 is 22.4 Å². The number of sulfonamides is 1. The van der Waals surface area contributed by atoms with Gasteiger partial charge in [0.25, 0.3) is 0 Å². The first-order chi connectivity index (χ1) is 9.98. The first-order valence-electron chi connectivity index (χ1n) is 7.15. The van der Waals surface area contributed by atoms with Crippen LogP contribution < -0.4 is 5.32 Å². The van der Waals surface area contributed by atoms with E-state index in [0.717, 1.165) is 12.1 Å². The molecular formula is C14H21ClF2N2O2S. The third kappa shape index (κ3) is 3.95. The molecule has 2 rings (SSSR count). The van der Waals surface area contributed by atoms with Gasteiger partial charge in [-0.2, -0.15) is 4.31 Å². The molecule has 1 aromatic carbocycles. The summed E-state index contributed by atoms with van der Waals surface area (Å²) in [5.74, 6) is -2.07. The van der Waals surface area contributed by atoms with Gasteiger partial charge in [0, 0.05) is 12.6 Å². The largest absolute Gasteiger partial charge is 0.317 e. The Bertz CT molecular complexity index is 572. The van der Waals surface area contributed by atoms with Crippen LogP contribution in [-0.2, 0) is 10.0 Å². The molecule has 1 aliphatic heterocycles. The molecule has 4 nitrogen and oxygen atoms in total. The molecule has 1 fully saturated rings. The summed E-state index contributed by atoms with van der Waals surface area (Å²) in [7, 11) is -4.17. The van der Waals surface area contributed by atoms with E-state index in [0.29, 0.717) is 32.4 Å². The van der Waals surface area contributed by atoms with E-state index in [4.69, 9.17) is 0 Å². The Hall–Kier alpha value is -0.760. The third-order valence-electron chi connectivity index (χ3n) is 3.65. The Morgan fingerprint density at radius 3 is 2.27 bits per heavy atom. The Kier molecular flexibility index (Phi) is 7.18. The monoisotopic (exact) mass is 354 g/mol. The van der Waals surface area contributed by atoms with Gasteiger partial charge in [0.15, 0.2) is 4.90 Å². The van der Waals surface area contributed by atoms with E-state index >= 15 is 0 Å². The van der Waals surface area contributed by atoms with Crippen LogP contribution >= 0.6 is 12.4 Å². The molecule has 1 heterocycles. The van der Waals surface area contributed by atoms with Crippen molar-refractivity contribution in [3.63, 3.8) is 0 Å². The standard InChI is InChI=1S/C14H20F2N2O2S.ClH/c1-2-10-18(11-6-8-17-9-7-11)21(19,20)14-12(15)4-3-5-13(14)16;/h3-5,11,17H,2,6-10H2,1H3;1H. The molecule has 0 saturated carbocycles. The molecule has 0 amide bonds. The van der Waals surface area contributed by atoms with Crippen LogP contribution in [0.25, 0.3) is 0 Å². The molecule has 1 saturated heterocycles. The lowest BCUT2D eigenvalue weighted by Crippen LogP contribution is -2.46. The van der Waals surface area contributed by atoms with Crippen molar-refractivity contribution < 1.29 is 17.2 Å². The second kappa shape index (κ2) is 8.19. The van der Waals surface area contributed by atoms with E-state index in [1.54, 1.807) is 0 Å². The fraction of sp³-hybridized carbons (Fsp3) is 0.571. The highest BCUT2D eigenvalue weighted by molar-refractivity contribution is 7.89. The molecule has 0 aliphatic carbocycles. The summed E-state index contributed by atoms with van der Waals surface area (Å²) >= 11 is 0. The minimum absolute atomic E-state index is 0. The second-order valence-electron chi connectivity index (χ2n) is 5.15. The highest BCUT2D eigenvalue weighted by Crippen LogP contribution is 2.26. The molecule has 1 aromatic rings. The predicted molar refractivity (Wildman–Crippen MR) is 83.7 cm³/mol. The smallest absolute Gasteiger partial charge is 0.249 e. The highest BCUT2D eigenvalue weighted by Gasteiger charge is 2.35. The van der Waals surface area contributed by atoms with Crippen LogP contribution in [0.1, 0.15) is 26.2 Å². The Balaban J connectivity index is 0.00000242. The number of halogens is 3. The maximum atomic E-state index is 13.9. The van der Waals surface area contributed by atoms with Crippen LogP contribution in [0.5, 0.6) is 0 Å². The van der Waals surface area contributed by atoms with E-state index < -0.39 is 26.6 Å². The summed E-state index contributed by atoms with van der Waals surface area (Å²) < 4.78 is 54.3. The first-order valence-corrected chi connectivity index (χ1v) is 8.59. The van der Waals surface area contributed by atoms with Crippen LogP contribution in [0.2, 0.25) is 0 Å². The molecule has 8 heteroatoms. The van der Waals surface area contributed by atoms with Gasteiger partial charge in [0.1, 0.15) is 11.6 Å². The quantitative estimate of drug-likeness (QED) is 0.884. The SMILES string of the molecule is CCCN(C1CCNCC1)S(=O)(=O)c1c(F)cccc1F.Cl. The fourth-order valence-electron chi connectivity index (χ4n) is 2.66. The Morgan fingerprint density at radius 1 is 1.23 bits per heavy atom. The molecular weight excluding hydrogens is 334 g/mol. The fourth-order valence-corrected chi connectivity index (χ4v) is 4.55. The lowest BCUT2D eigenvalue weighted by atomic mass is 10.1. The highest BCUT2D eigenvalue weighted by atomic mass is 35.5. The third-order valence-corrected chi connectivity index (χ3v) is 5.65. The molecule has 0 unspecified atom stereocenters. The molecule has 1 aliphatic rings. The molecule has 0 radical (unpaired) electrons. The number of nitrogens with one attached hydrogen (secondary N) is 1. The summed E-state index contributed by atoms with van der Waals surface area (Å²) in [6.45, 7) is 3.53. The molecule has 22 heavy (non-hydrogen) atoms. The zero-order chi connectivity index (χ0) is 15.5. The van der Waals surface area contributed by atoms with Crippen molar-refractivity contribution in [1.82, 2.24) is 9.62 Å². The van der Waals surface area contributed by atoms with Crippen LogP contribution in [0.3, 0.4) is 0 Å². The van der Waals surface area contributed by atoms with Crippen LogP contribution in [0.4, 0.5) is 8.78 Å². The molecule has 0 atom stereocenters. The van der Waals surface area contributed by atoms with E-state index in [1.807, 2.05) is 6.92 Å². The van der Waals surface area contributed by atoms with Crippen LogP contribution in [0, 0.1) is 11.6 Å². The number of nitrogens with zero attached hydrogens (tertiary/aromatic N) is 1. The number of benzene rings is 1. The minimum atomic E-state index is -4.17. The molecule has 0 spiro atoms. The Morgan fingerprint density at radius 2 is 1.77 bits per heavy atom. The number of hydrogen-bond acceptors (Lipinski definition) is 3. The molecule has 1 N–H and O–H groups in total. The van der Waals surface area contributed by atoms with Crippen molar-refractivity contribution in [2.45, 2.75) is 37.1 Å². The minimum Gasteiger partial charge on any atom is -0.317 e. The summed E-state index contributed by atoms with van der Waals surface area (Å²) in [5.41, 5.74) is 0. The van der Waals surface area contributed by atoms with E-state index in [-0.39, 0.29) is 25.0 Å². The zero-order valence-corrected chi connectivity index (χ0v) is 14.0. The van der Waals surface area contributed by atoms with Gasteiger partial charge in [-0.1, -0.05) is 13.0 Å². The summed E-state index contributed by atoms with van der Waals surface area (Å²) in [6, 6.07) is 2.90. The lowest BCUT2D eigenvalue weighted by molar-refractivity contribution is 0.260. The van der Waals surface area contributed by atoms with Crippen molar-refractivity contribution in [2.24, 2.45) is 0 Å². The summed E-state index contributed by atoms with van der Waals surface area (Å²) in [5, 5.41) is 3.16. The summed E-state index contributed by atoms with van der Waals surface area (Å²) in [6.07, 6.45) is 1.89. The van der Waals surface area contributed by atoms with Gasteiger partial charge in [-0.15, -0.1) is 12.4 Å². The van der Waals surface area contributed by atoms with Crippen molar-refractivity contribution in [3.05, 3.63) is 29.8 Å².